The molecule has 1 amide bonds. The number of carbonyl (C=O) groups is 1. The van der Waals surface area contributed by atoms with Crippen LogP contribution in [-0.2, 0) is 4.79 Å². The molecule has 0 bridgehead atoms. The van der Waals surface area contributed by atoms with E-state index in [1.54, 1.807) is 0 Å². The molecule has 0 aromatic rings. The fraction of sp³-hybridized carbons (Fsp3) is 0.917. The Morgan fingerprint density at radius 2 is 2.12 bits per heavy atom. The van der Waals surface area contributed by atoms with E-state index in [9.17, 15) is 4.79 Å². The summed E-state index contributed by atoms with van der Waals surface area (Å²) in [6.07, 6.45) is 5.38. The fourth-order valence-corrected chi connectivity index (χ4v) is 1.77. The smallest absolute Gasteiger partial charge is 0.222 e. The molecule has 0 radical (unpaired) electrons. The molecule has 1 fully saturated rings. The van der Waals surface area contributed by atoms with Gasteiger partial charge in [-0.15, -0.1) is 12.4 Å². The molecule has 0 aromatic heterocycles. The van der Waals surface area contributed by atoms with Gasteiger partial charge < -0.3 is 10.2 Å². The van der Waals surface area contributed by atoms with Gasteiger partial charge in [0.05, 0.1) is 0 Å². The highest BCUT2D eigenvalue weighted by Gasteiger charge is 2.25. The standard InChI is InChI=1S/C12H24N2O.ClH/c1-3-9-14(10-11-6-7-11)12(15)5-4-8-13-2;/h11,13H,3-10H2,1-2H3;1H. The van der Waals surface area contributed by atoms with Crippen LogP contribution in [0.4, 0.5) is 0 Å². The minimum Gasteiger partial charge on any atom is -0.342 e. The summed E-state index contributed by atoms with van der Waals surface area (Å²) in [6.45, 7) is 5.02. The quantitative estimate of drug-likeness (QED) is 0.667. The lowest BCUT2D eigenvalue weighted by molar-refractivity contribution is -0.131. The van der Waals surface area contributed by atoms with Crippen LogP contribution in [-0.4, -0.2) is 37.5 Å². The van der Waals surface area contributed by atoms with Crippen molar-refractivity contribution in [1.29, 1.82) is 0 Å². The SMILES string of the molecule is CCCN(CC1CC1)C(=O)CCCNC.Cl. The zero-order valence-corrected chi connectivity index (χ0v) is 11.3. The Morgan fingerprint density at radius 3 is 2.62 bits per heavy atom. The maximum Gasteiger partial charge on any atom is 0.222 e. The third kappa shape index (κ3) is 6.33. The first-order valence-electron chi connectivity index (χ1n) is 6.20. The number of hydrogen-bond donors (Lipinski definition) is 1. The van der Waals surface area contributed by atoms with E-state index in [2.05, 4.69) is 17.1 Å². The van der Waals surface area contributed by atoms with Crippen LogP contribution in [0, 0.1) is 5.92 Å². The van der Waals surface area contributed by atoms with Gasteiger partial charge in [-0.1, -0.05) is 6.92 Å². The van der Waals surface area contributed by atoms with E-state index < -0.39 is 0 Å². The first-order valence-corrected chi connectivity index (χ1v) is 6.20. The number of carbonyl (C=O) groups excluding carboxylic acids is 1. The summed E-state index contributed by atoms with van der Waals surface area (Å²) in [5, 5.41) is 3.08. The van der Waals surface area contributed by atoms with E-state index in [4.69, 9.17) is 0 Å². The summed E-state index contributed by atoms with van der Waals surface area (Å²) in [5.74, 6) is 1.16. The van der Waals surface area contributed by atoms with E-state index in [-0.39, 0.29) is 12.4 Å². The summed E-state index contributed by atoms with van der Waals surface area (Å²) < 4.78 is 0. The van der Waals surface area contributed by atoms with Crippen LogP contribution in [0.25, 0.3) is 0 Å². The molecule has 4 heteroatoms. The summed E-state index contributed by atoms with van der Waals surface area (Å²) in [7, 11) is 1.93. The molecule has 1 N–H and O–H groups in total. The highest BCUT2D eigenvalue weighted by Crippen LogP contribution is 2.29. The Balaban J connectivity index is 0.00000225. The van der Waals surface area contributed by atoms with Gasteiger partial charge in [0, 0.05) is 19.5 Å². The number of halogens is 1. The second-order valence-electron chi connectivity index (χ2n) is 4.49. The molecule has 16 heavy (non-hydrogen) atoms. The molecule has 96 valence electrons. The highest BCUT2D eigenvalue weighted by atomic mass is 35.5. The summed E-state index contributed by atoms with van der Waals surface area (Å²) in [5.41, 5.74) is 0. The number of amides is 1. The Labute approximate surface area is 105 Å². The number of rotatable bonds is 8. The van der Waals surface area contributed by atoms with Crippen molar-refractivity contribution in [3.05, 3.63) is 0 Å². The van der Waals surface area contributed by atoms with E-state index >= 15 is 0 Å². The van der Waals surface area contributed by atoms with Crippen molar-refractivity contribution in [3.63, 3.8) is 0 Å². The summed E-state index contributed by atoms with van der Waals surface area (Å²) in [4.78, 5) is 13.9. The summed E-state index contributed by atoms with van der Waals surface area (Å²) in [6, 6.07) is 0. The van der Waals surface area contributed by atoms with Gasteiger partial charge in [0.15, 0.2) is 0 Å². The molecule has 3 nitrogen and oxygen atoms in total. The first-order chi connectivity index (χ1) is 7.27. The zero-order valence-electron chi connectivity index (χ0n) is 10.5. The lowest BCUT2D eigenvalue weighted by atomic mass is 10.2. The predicted octanol–water partition coefficient (Wildman–Crippen LogP) is 2.06. The largest absolute Gasteiger partial charge is 0.342 e. The lowest BCUT2D eigenvalue weighted by Crippen LogP contribution is -2.33. The van der Waals surface area contributed by atoms with E-state index in [1.807, 2.05) is 7.05 Å². The Bertz CT molecular complexity index is 195. The van der Waals surface area contributed by atoms with Gasteiger partial charge in [-0.05, 0) is 45.2 Å². The van der Waals surface area contributed by atoms with Crippen LogP contribution in [0.3, 0.4) is 0 Å². The third-order valence-electron chi connectivity index (χ3n) is 2.84. The van der Waals surface area contributed by atoms with Gasteiger partial charge in [-0.25, -0.2) is 0 Å². The molecule has 0 atom stereocenters. The molecule has 0 aliphatic heterocycles. The van der Waals surface area contributed by atoms with Crippen molar-refractivity contribution < 1.29 is 4.79 Å². The molecular weight excluding hydrogens is 224 g/mol. The number of nitrogens with one attached hydrogen (secondary N) is 1. The third-order valence-corrected chi connectivity index (χ3v) is 2.84. The van der Waals surface area contributed by atoms with Crippen LogP contribution in [0.2, 0.25) is 0 Å². The van der Waals surface area contributed by atoms with Crippen LogP contribution in [0.5, 0.6) is 0 Å². The van der Waals surface area contributed by atoms with Crippen molar-refractivity contribution >= 4 is 18.3 Å². The molecule has 1 aliphatic carbocycles. The van der Waals surface area contributed by atoms with Crippen molar-refractivity contribution in [3.8, 4) is 0 Å². The van der Waals surface area contributed by atoms with Crippen molar-refractivity contribution in [2.45, 2.75) is 39.0 Å². The average Bonchev–Trinajstić information content (AvgIpc) is 3.01. The monoisotopic (exact) mass is 248 g/mol. The van der Waals surface area contributed by atoms with E-state index in [1.165, 1.54) is 12.8 Å². The molecule has 0 spiro atoms. The topological polar surface area (TPSA) is 32.3 Å². The van der Waals surface area contributed by atoms with Crippen molar-refractivity contribution in [1.82, 2.24) is 10.2 Å². The Morgan fingerprint density at radius 1 is 1.44 bits per heavy atom. The summed E-state index contributed by atoms with van der Waals surface area (Å²) >= 11 is 0. The van der Waals surface area contributed by atoms with Gasteiger partial charge in [0.1, 0.15) is 0 Å². The van der Waals surface area contributed by atoms with Gasteiger partial charge in [0.25, 0.3) is 0 Å². The van der Waals surface area contributed by atoms with E-state index in [0.29, 0.717) is 12.3 Å². The van der Waals surface area contributed by atoms with Crippen LogP contribution >= 0.6 is 12.4 Å². The zero-order chi connectivity index (χ0) is 11.1. The normalized spacial score (nSPS) is 14.4. The fourth-order valence-electron chi connectivity index (χ4n) is 1.77. The van der Waals surface area contributed by atoms with Gasteiger partial charge in [-0.3, -0.25) is 4.79 Å². The molecule has 0 aromatic carbocycles. The second kappa shape index (κ2) is 8.82. The maximum atomic E-state index is 11.9. The van der Waals surface area contributed by atoms with Gasteiger partial charge in [0.2, 0.25) is 5.91 Å². The van der Waals surface area contributed by atoms with Gasteiger partial charge in [-0.2, -0.15) is 0 Å². The van der Waals surface area contributed by atoms with E-state index in [0.717, 1.165) is 38.4 Å². The Hall–Kier alpha value is -0.280. The molecular formula is C12H25ClN2O. The minimum atomic E-state index is 0. The van der Waals surface area contributed by atoms with Crippen LogP contribution in [0.1, 0.15) is 39.0 Å². The molecule has 0 heterocycles. The highest BCUT2D eigenvalue weighted by molar-refractivity contribution is 5.85. The van der Waals surface area contributed by atoms with Crippen molar-refractivity contribution in [2.24, 2.45) is 5.92 Å². The minimum absolute atomic E-state index is 0. The lowest BCUT2D eigenvalue weighted by Gasteiger charge is -2.22. The Kier molecular flexibility index (Phi) is 8.67. The average molecular weight is 249 g/mol. The molecule has 1 aliphatic rings. The van der Waals surface area contributed by atoms with Crippen LogP contribution < -0.4 is 5.32 Å². The second-order valence-corrected chi connectivity index (χ2v) is 4.49. The molecule has 1 saturated carbocycles. The number of hydrogen-bond acceptors (Lipinski definition) is 2. The maximum absolute atomic E-state index is 11.9. The van der Waals surface area contributed by atoms with Crippen LogP contribution in [0.15, 0.2) is 0 Å². The molecule has 0 saturated heterocycles. The first kappa shape index (κ1) is 15.7. The number of nitrogens with zero attached hydrogens (tertiary/aromatic N) is 1. The van der Waals surface area contributed by atoms with Crippen molar-refractivity contribution in [2.75, 3.05) is 26.7 Å². The molecule has 1 rings (SSSR count). The van der Waals surface area contributed by atoms with Gasteiger partial charge >= 0.3 is 0 Å². The predicted molar refractivity (Wildman–Crippen MR) is 70.0 cm³/mol. The molecule has 0 unspecified atom stereocenters.